The first kappa shape index (κ1) is 29.6. The van der Waals surface area contributed by atoms with Crippen LogP contribution in [-0.2, 0) is 9.59 Å². The number of methoxy groups -OCH3 is 1. The van der Waals surface area contributed by atoms with Crippen molar-refractivity contribution in [3.05, 3.63) is 81.3 Å². The van der Waals surface area contributed by atoms with Crippen LogP contribution >= 0.6 is 34.7 Å². The van der Waals surface area contributed by atoms with Gasteiger partial charge in [0.15, 0.2) is 10.1 Å². The molecule has 1 aromatic heterocycles. The topological polar surface area (TPSA) is 134 Å². The molecular weight excluding hydrogens is 592 g/mol. The Bertz CT molecular complexity index is 1690. The van der Waals surface area contributed by atoms with E-state index < -0.39 is 5.92 Å². The van der Waals surface area contributed by atoms with Gasteiger partial charge in [0.2, 0.25) is 11.0 Å². The zero-order chi connectivity index (χ0) is 30.2. The lowest BCUT2D eigenvalue weighted by Crippen LogP contribution is -2.42. The van der Waals surface area contributed by atoms with Gasteiger partial charge in [0.05, 0.1) is 35.4 Å². The van der Waals surface area contributed by atoms with E-state index in [1.165, 1.54) is 30.2 Å². The Morgan fingerprint density at radius 1 is 1.29 bits per heavy atom. The van der Waals surface area contributed by atoms with Crippen molar-refractivity contribution in [2.45, 2.75) is 43.9 Å². The number of aromatic nitrogens is 2. The molecule has 2 aromatic carbocycles. The molecule has 0 saturated heterocycles. The van der Waals surface area contributed by atoms with Gasteiger partial charge < -0.3 is 15.8 Å². The van der Waals surface area contributed by atoms with Crippen molar-refractivity contribution in [2.24, 2.45) is 11.1 Å². The number of thioether (sulfide) groups is 1. The van der Waals surface area contributed by atoms with Gasteiger partial charge in [0.25, 0.3) is 0 Å². The predicted octanol–water partition coefficient (Wildman–Crippen LogP) is 6.18. The molecule has 12 heteroatoms. The van der Waals surface area contributed by atoms with Gasteiger partial charge in [-0.3, -0.25) is 14.5 Å². The number of hydrogen-bond acceptors (Lipinski definition) is 10. The van der Waals surface area contributed by atoms with E-state index in [1.807, 2.05) is 45.0 Å². The van der Waals surface area contributed by atoms with E-state index in [0.29, 0.717) is 49.9 Å². The van der Waals surface area contributed by atoms with Gasteiger partial charge >= 0.3 is 0 Å². The van der Waals surface area contributed by atoms with Crippen LogP contribution in [-0.4, -0.2) is 34.8 Å². The van der Waals surface area contributed by atoms with E-state index in [2.05, 4.69) is 21.6 Å². The fraction of sp³-hybridized carbons (Fsp3) is 0.300. The molecular formula is C30H29ClN6O3S2. The number of amides is 1. The van der Waals surface area contributed by atoms with E-state index in [9.17, 15) is 14.9 Å². The maximum Gasteiger partial charge on any atom is 0.234 e. The molecule has 1 unspecified atom stereocenters. The fourth-order valence-corrected chi connectivity index (χ4v) is 7.27. The Morgan fingerprint density at radius 2 is 2.07 bits per heavy atom. The van der Waals surface area contributed by atoms with Crippen LogP contribution in [0, 0.1) is 23.7 Å². The van der Waals surface area contributed by atoms with Crippen LogP contribution < -0.4 is 20.7 Å². The van der Waals surface area contributed by atoms with Crippen LogP contribution in [0.3, 0.4) is 0 Å². The second-order valence-electron chi connectivity index (χ2n) is 10.9. The summed E-state index contributed by atoms with van der Waals surface area (Å²) >= 11 is 8.63. The molecule has 0 bridgehead atoms. The lowest BCUT2D eigenvalue weighted by molar-refractivity contribution is -0.118. The Balaban J connectivity index is 1.43. The molecule has 2 aliphatic rings. The van der Waals surface area contributed by atoms with Crippen LogP contribution in [0.15, 0.2) is 69.5 Å². The van der Waals surface area contributed by atoms with Crippen molar-refractivity contribution in [1.29, 1.82) is 5.26 Å². The summed E-state index contributed by atoms with van der Waals surface area (Å²) < 4.78 is 5.69. The Morgan fingerprint density at radius 3 is 2.76 bits per heavy atom. The summed E-state index contributed by atoms with van der Waals surface area (Å²) in [7, 11) is 1.52. The van der Waals surface area contributed by atoms with Crippen LogP contribution in [0.25, 0.3) is 0 Å². The lowest BCUT2D eigenvalue weighted by atomic mass is 9.68. The minimum atomic E-state index is -0.554. The van der Waals surface area contributed by atoms with Crippen LogP contribution in [0.5, 0.6) is 5.75 Å². The van der Waals surface area contributed by atoms with Crippen LogP contribution in [0.4, 0.5) is 10.8 Å². The summed E-state index contributed by atoms with van der Waals surface area (Å²) in [5, 5.41) is 22.6. The molecule has 3 aromatic rings. The molecule has 1 atom stereocenters. The largest absolute Gasteiger partial charge is 0.495 e. The van der Waals surface area contributed by atoms with E-state index in [0.717, 1.165) is 16.8 Å². The van der Waals surface area contributed by atoms with Gasteiger partial charge in [-0.05, 0) is 42.5 Å². The van der Waals surface area contributed by atoms with E-state index >= 15 is 0 Å². The van der Waals surface area contributed by atoms with Gasteiger partial charge in [0.1, 0.15) is 11.6 Å². The van der Waals surface area contributed by atoms with Gasteiger partial charge in [-0.15, -0.1) is 10.2 Å². The van der Waals surface area contributed by atoms with E-state index in [-0.39, 0.29) is 28.7 Å². The van der Waals surface area contributed by atoms with Gasteiger partial charge in [0, 0.05) is 23.4 Å². The molecule has 0 fully saturated rings. The average molecular weight is 621 g/mol. The Kier molecular flexibility index (Phi) is 8.32. The number of halogens is 1. The second kappa shape index (κ2) is 11.8. The lowest BCUT2D eigenvalue weighted by Gasteiger charge is -2.42. The number of anilines is 2. The Hall–Kier alpha value is -3.85. The first-order chi connectivity index (χ1) is 20.0. The first-order valence-corrected chi connectivity index (χ1v) is 15.3. The zero-order valence-electron chi connectivity index (χ0n) is 23.5. The number of nitriles is 1. The number of hydrogen-bond donors (Lipinski definition) is 2. The summed E-state index contributed by atoms with van der Waals surface area (Å²) in [6.45, 7) is 6.07. The van der Waals surface area contributed by atoms with Crippen molar-refractivity contribution in [3.63, 3.8) is 0 Å². The van der Waals surface area contributed by atoms with Gasteiger partial charge in [-0.1, -0.05) is 78.4 Å². The minimum absolute atomic E-state index is 0.00701. The van der Waals surface area contributed by atoms with E-state index in [1.54, 1.807) is 23.1 Å². The molecule has 0 spiro atoms. The quantitative estimate of drug-likeness (QED) is 0.297. The number of ether oxygens (including phenoxy) is 1. The normalized spacial score (nSPS) is 18.0. The molecule has 0 saturated carbocycles. The van der Waals surface area contributed by atoms with Crippen LogP contribution in [0.2, 0.25) is 5.02 Å². The number of Topliss-reactive ketones (excluding diaryl/α,β-unsaturated/α-hetero) is 1. The number of nitrogens with one attached hydrogen (secondary N) is 1. The number of nitrogens with zero attached hydrogens (tertiary/aromatic N) is 4. The molecule has 42 heavy (non-hydrogen) atoms. The molecule has 2 heterocycles. The number of carbonyl (C=O) groups excluding carboxylic acids is 2. The second-order valence-corrected chi connectivity index (χ2v) is 13.5. The smallest absolute Gasteiger partial charge is 0.234 e. The molecule has 9 nitrogen and oxygen atoms in total. The number of carbonyl (C=O) groups is 2. The monoisotopic (exact) mass is 620 g/mol. The summed E-state index contributed by atoms with van der Waals surface area (Å²) in [6.07, 6.45) is 0.941. The third-order valence-corrected chi connectivity index (χ3v) is 9.44. The highest BCUT2D eigenvalue weighted by atomic mass is 35.5. The fourth-order valence-electron chi connectivity index (χ4n) is 5.33. The highest BCUT2D eigenvalue weighted by Gasteiger charge is 2.45. The summed E-state index contributed by atoms with van der Waals surface area (Å²) in [5.74, 6) is 0.0292. The third-order valence-electron chi connectivity index (χ3n) is 7.11. The third kappa shape index (κ3) is 5.88. The van der Waals surface area contributed by atoms with Crippen LogP contribution in [0.1, 0.15) is 43.7 Å². The van der Waals surface area contributed by atoms with Crippen molar-refractivity contribution in [1.82, 2.24) is 10.2 Å². The number of aryl methyl sites for hydroxylation is 1. The number of nitrogens with two attached hydrogens (primary N) is 1. The maximum absolute atomic E-state index is 13.7. The molecule has 1 amide bonds. The van der Waals surface area contributed by atoms with Crippen molar-refractivity contribution in [3.8, 4) is 11.8 Å². The van der Waals surface area contributed by atoms with Crippen molar-refractivity contribution < 1.29 is 14.3 Å². The first-order valence-electron chi connectivity index (χ1n) is 13.1. The predicted molar refractivity (Wildman–Crippen MR) is 166 cm³/mol. The minimum Gasteiger partial charge on any atom is -0.495 e. The highest BCUT2D eigenvalue weighted by Crippen LogP contribution is 2.50. The van der Waals surface area contributed by atoms with Crippen molar-refractivity contribution >= 4 is 57.2 Å². The average Bonchev–Trinajstić information content (AvgIpc) is 3.39. The molecule has 216 valence electrons. The number of allylic oxidation sites excluding steroid dienone is 3. The summed E-state index contributed by atoms with van der Waals surface area (Å²) in [4.78, 5) is 28.0. The standard InChI is InChI=1S/C30H29ClN6O3S2/c1-16-6-5-7-17(10-16)25-19(14-32)27(33)37(21-12-30(2,3)13-22(38)26(21)25)28-35-36-29(42-28)41-15-24(39)34-18-8-9-23(40-4)20(31)11-18/h5-11,25H,12-13,15,33H2,1-4H3,(H,34,39). The number of ketones is 1. The van der Waals surface area contributed by atoms with Gasteiger partial charge in [-0.25, -0.2) is 0 Å². The molecule has 1 aliphatic heterocycles. The summed E-state index contributed by atoms with van der Waals surface area (Å²) in [5.41, 5.74) is 10.4. The summed E-state index contributed by atoms with van der Waals surface area (Å²) in [6, 6.07) is 15.1. The molecule has 3 N–H and O–H groups in total. The zero-order valence-corrected chi connectivity index (χ0v) is 25.9. The number of benzene rings is 2. The maximum atomic E-state index is 13.7. The Labute approximate surface area is 257 Å². The SMILES string of the molecule is COc1ccc(NC(=O)CSc2nnc(N3C(N)=C(C#N)C(c4cccc(C)c4)C4=C3CC(C)(C)CC4=O)s2)cc1Cl. The highest BCUT2D eigenvalue weighted by molar-refractivity contribution is 8.01. The van der Waals surface area contributed by atoms with E-state index in [4.69, 9.17) is 22.1 Å². The molecule has 0 radical (unpaired) electrons. The molecule has 1 aliphatic carbocycles. The number of rotatable bonds is 7. The van der Waals surface area contributed by atoms with Crippen molar-refractivity contribution in [2.75, 3.05) is 23.1 Å². The molecule has 5 rings (SSSR count). The van der Waals surface area contributed by atoms with Gasteiger partial charge in [-0.2, -0.15) is 5.26 Å².